The van der Waals surface area contributed by atoms with E-state index in [2.05, 4.69) is 0 Å². The largest absolute Gasteiger partial charge is 0.508 e. The van der Waals surface area contributed by atoms with Gasteiger partial charge >= 0.3 is 5.97 Å². The monoisotopic (exact) mass is 395 g/mol. The highest BCUT2D eigenvalue weighted by atomic mass is 16.5. The van der Waals surface area contributed by atoms with Crippen LogP contribution < -0.4 is 9.47 Å². The molecule has 2 aliphatic rings. The normalized spacial score (nSPS) is 22.7. The molecule has 1 fully saturated rings. The van der Waals surface area contributed by atoms with E-state index in [9.17, 15) is 9.90 Å². The molecule has 6 nitrogen and oxygen atoms in total. The lowest BCUT2D eigenvalue weighted by molar-refractivity contribution is -0.148. The standard InChI is InChI=1S/C23H25NO5/c1-13(25)29-16-8-9-20-18(10-16)17-11-21(27-2)22(28-3)12-19(17)23(24-20)14-4-6-15(26)7-5-14/h4-7,11-12,16,18,20,26H,8-10H2,1-3H3. The van der Waals surface area contributed by atoms with Crippen molar-refractivity contribution in [1.82, 2.24) is 0 Å². The van der Waals surface area contributed by atoms with Crippen molar-refractivity contribution in [3.05, 3.63) is 53.1 Å². The number of carbonyl (C=O) groups is 1. The number of hydrogen-bond acceptors (Lipinski definition) is 6. The first kappa shape index (κ1) is 19.3. The fraction of sp³-hybridized carbons (Fsp3) is 0.391. The van der Waals surface area contributed by atoms with Crippen LogP contribution in [0.5, 0.6) is 17.2 Å². The molecule has 1 saturated carbocycles. The molecular formula is C23H25NO5. The summed E-state index contributed by atoms with van der Waals surface area (Å²) < 4.78 is 16.6. The van der Waals surface area contributed by atoms with Crippen LogP contribution in [0.25, 0.3) is 0 Å². The SMILES string of the molecule is COc1cc2c(cc1OC)C1CC(OC(C)=O)CCC1N=C2c1ccc(O)cc1. The fourth-order valence-electron chi connectivity index (χ4n) is 4.44. The summed E-state index contributed by atoms with van der Waals surface area (Å²) in [5, 5.41) is 9.67. The number of aliphatic imine (C=N–C) groups is 1. The van der Waals surface area contributed by atoms with Gasteiger partial charge in [-0.3, -0.25) is 9.79 Å². The van der Waals surface area contributed by atoms with E-state index in [1.807, 2.05) is 24.3 Å². The Labute approximate surface area is 170 Å². The first-order valence-corrected chi connectivity index (χ1v) is 9.81. The second-order valence-corrected chi connectivity index (χ2v) is 7.54. The number of rotatable bonds is 4. The van der Waals surface area contributed by atoms with Gasteiger partial charge in [0.15, 0.2) is 11.5 Å². The summed E-state index contributed by atoms with van der Waals surface area (Å²) in [5.41, 5.74) is 3.94. The van der Waals surface area contributed by atoms with Gasteiger partial charge in [0, 0.05) is 24.0 Å². The summed E-state index contributed by atoms with van der Waals surface area (Å²) in [7, 11) is 3.24. The Balaban J connectivity index is 1.82. The van der Waals surface area contributed by atoms with Gasteiger partial charge in [0.2, 0.25) is 0 Å². The van der Waals surface area contributed by atoms with Crippen LogP contribution in [0.3, 0.4) is 0 Å². The van der Waals surface area contributed by atoms with E-state index in [0.29, 0.717) is 11.5 Å². The number of hydrogen-bond donors (Lipinski definition) is 1. The summed E-state index contributed by atoms with van der Waals surface area (Å²) in [6.07, 6.45) is 2.28. The second-order valence-electron chi connectivity index (χ2n) is 7.54. The quantitative estimate of drug-likeness (QED) is 0.796. The van der Waals surface area contributed by atoms with Gasteiger partial charge in [-0.2, -0.15) is 0 Å². The topological polar surface area (TPSA) is 77.4 Å². The summed E-state index contributed by atoms with van der Waals surface area (Å²) in [6.45, 7) is 1.45. The molecule has 29 heavy (non-hydrogen) atoms. The van der Waals surface area contributed by atoms with Crippen LogP contribution in [0.2, 0.25) is 0 Å². The van der Waals surface area contributed by atoms with Gasteiger partial charge in [0.1, 0.15) is 11.9 Å². The molecule has 6 heteroatoms. The highest BCUT2D eigenvalue weighted by molar-refractivity contribution is 6.15. The van der Waals surface area contributed by atoms with E-state index in [1.54, 1.807) is 26.4 Å². The predicted molar refractivity (Wildman–Crippen MR) is 109 cm³/mol. The van der Waals surface area contributed by atoms with Crippen LogP contribution in [0.15, 0.2) is 41.4 Å². The molecule has 0 amide bonds. The Morgan fingerprint density at radius 2 is 1.76 bits per heavy atom. The maximum Gasteiger partial charge on any atom is 0.302 e. The molecule has 0 saturated heterocycles. The van der Waals surface area contributed by atoms with E-state index in [0.717, 1.165) is 41.7 Å². The van der Waals surface area contributed by atoms with Gasteiger partial charge in [0.25, 0.3) is 0 Å². The third-order valence-corrected chi connectivity index (χ3v) is 5.74. The highest BCUT2D eigenvalue weighted by Crippen LogP contribution is 2.45. The predicted octanol–water partition coefficient (Wildman–Crippen LogP) is 3.83. The van der Waals surface area contributed by atoms with E-state index < -0.39 is 0 Å². The lowest BCUT2D eigenvalue weighted by atomic mass is 9.74. The third-order valence-electron chi connectivity index (χ3n) is 5.74. The molecule has 2 aromatic carbocycles. The maximum atomic E-state index is 11.5. The first-order chi connectivity index (χ1) is 14.0. The van der Waals surface area contributed by atoms with Crippen molar-refractivity contribution >= 4 is 11.7 Å². The number of benzene rings is 2. The van der Waals surface area contributed by atoms with Crippen LogP contribution in [0.1, 0.15) is 48.8 Å². The van der Waals surface area contributed by atoms with Gasteiger partial charge in [-0.1, -0.05) is 0 Å². The first-order valence-electron chi connectivity index (χ1n) is 9.81. The Kier molecular flexibility index (Phi) is 5.18. The minimum atomic E-state index is -0.245. The summed E-state index contributed by atoms with van der Waals surface area (Å²) in [6, 6.07) is 11.2. The van der Waals surface area contributed by atoms with Crippen molar-refractivity contribution in [3.63, 3.8) is 0 Å². The number of esters is 1. The zero-order valence-electron chi connectivity index (χ0n) is 16.8. The van der Waals surface area contributed by atoms with Crippen molar-refractivity contribution in [3.8, 4) is 17.2 Å². The van der Waals surface area contributed by atoms with Crippen LogP contribution in [0, 0.1) is 0 Å². The molecule has 0 spiro atoms. The molecule has 1 heterocycles. The number of ether oxygens (including phenoxy) is 3. The number of aromatic hydroxyl groups is 1. The van der Waals surface area contributed by atoms with Gasteiger partial charge in [-0.15, -0.1) is 0 Å². The molecule has 0 radical (unpaired) electrons. The summed E-state index contributed by atoms with van der Waals surface area (Å²) in [4.78, 5) is 16.5. The van der Waals surface area contributed by atoms with E-state index in [4.69, 9.17) is 19.2 Å². The molecule has 3 atom stereocenters. The number of methoxy groups -OCH3 is 2. The fourth-order valence-corrected chi connectivity index (χ4v) is 4.44. The van der Waals surface area contributed by atoms with Gasteiger partial charge in [-0.25, -0.2) is 0 Å². The average molecular weight is 395 g/mol. The zero-order valence-corrected chi connectivity index (χ0v) is 16.8. The molecule has 1 aliphatic carbocycles. The van der Waals surface area contributed by atoms with Crippen molar-refractivity contribution in [2.75, 3.05) is 14.2 Å². The molecule has 2 aromatic rings. The highest BCUT2D eigenvalue weighted by Gasteiger charge is 2.38. The summed E-state index contributed by atoms with van der Waals surface area (Å²) in [5.74, 6) is 1.43. The van der Waals surface area contributed by atoms with Gasteiger partial charge in [-0.05, 0) is 61.2 Å². The Morgan fingerprint density at radius 1 is 1.07 bits per heavy atom. The lowest BCUT2D eigenvalue weighted by Gasteiger charge is -2.38. The van der Waals surface area contributed by atoms with Crippen molar-refractivity contribution in [2.45, 2.75) is 44.2 Å². The molecule has 3 unspecified atom stereocenters. The lowest BCUT2D eigenvalue weighted by Crippen LogP contribution is -2.36. The Hall–Kier alpha value is -3.02. The number of carbonyl (C=O) groups excluding carboxylic acids is 1. The van der Waals surface area contributed by atoms with E-state index >= 15 is 0 Å². The van der Waals surface area contributed by atoms with Crippen molar-refractivity contribution in [2.24, 2.45) is 4.99 Å². The molecular weight excluding hydrogens is 370 g/mol. The maximum absolute atomic E-state index is 11.5. The van der Waals surface area contributed by atoms with Crippen molar-refractivity contribution < 1.29 is 24.1 Å². The molecule has 0 aromatic heterocycles. The number of fused-ring (bicyclic) bond motifs is 3. The molecule has 1 aliphatic heterocycles. The van der Waals surface area contributed by atoms with Crippen LogP contribution in [0.4, 0.5) is 0 Å². The van der Waals surface area contributed by atoms with Crippen LogP contribution >= 0.6 is 0 Å². The zero-order chi connectivity index (χ0) is 20.5. The number of phenolic OH excluding ortho intramolecular Hbond substituents is 1. The molecule has 1 N–H and O–H groups in total. The molecule has 0 bridgehead atoms. The van der Waals surface area contributed by atoms with Gasteiger partial charge < -0.3 is 19.3 Å². The summed E-state index contributed by atoms with van der Waals surface area (Å²) >= 11 is 0. The second kappa shape index (κ2) is 7.78. The molecule has 152 valence electrons. The van der Waals surface area contributed by atoms with Crippen LogP contribution in [-0.4, -0.2) is 43.2 Å². The van der Waals surface area contributed by atoms with E-state index in [1.165, 1.54) is 6.92 Å². The van der Waals surface area contributed by atoms with Crippen LogP contribution in [-0.2, 0) is 9.53 Å². The van der Waals surface area contributed by atoms with Crippen molar-refractivity contribution in [1.29, 1.82) is 0 Å². The number of nitrogens with zero attached hydrogens (tertiary/aromatic N) is 1. The van der Waals surface area contributed by atoms with E-state index in [-0.39, 0.29) is 29.8 Å². The minimum Gasteiger partial charge on any atom is -0.508 e. The smallest absolute Gasteiger partial charge is 0.302 e. The Bertz CT molecular complexity index is 950. The third kappa shape index (κ3) is 3.67. The number of phenols is 1. The average Bonchev–Trinajstić information content (AvgIpc) is 2.72. The minimum absolute atomic E-state index is 0.0971. The van der Waals surface area contributed by atoms with Gasteiger partial charge in [0.05, 0.1) is 26.0 Å². The Morgan fingerprint density at radius 3 is 2.41 bits per heavy atom. The molecule has 4 rings (SSSR count).